The Kier molecular flexibility index (Phi) is 3.13. The summed E-state index contributed by atoms with van der Waals surface area (Å²) in [7, 11) is 3.89. The highest BCUT2D eigenvalue weighted by molar-refractivity contribution is 7.09. The Morgan fingerprint density at radius 2 is 2.47 bits per heavy atom. The maximum Gasteiger partial charge on any atom is 0.0797 e. The molecule has 0 aliphatic rings. The van der Waals surface area contributed by atoms with E-state index in [9.17, 15) is 0 Å². The molecule has 0 spiro atoms. The van der Waals surface area contributed by atoms with Gasteiger partial charge in [-0.15, -0.1) is 11.3 Å². The summed E-state index contributed by atoms with van der Waals surface area (Å²) in [5.74, 6) is 0. The van der Waals surface area contributed by atoms with Gasteiger partial charge in [-0.2, -0.15) is 5.10 Å². The van der Waals surface area contributed by atoms with Crippen LogP contribution >= 0.6 is 11.3 Å². The normalized spacial score (nSPS) is 12.9. The fourth-order valence-corrected chi connectivity index (χ4v) is 2.16. The molecule has 5 heteroatoms. The van der Waals surface area contributed by atoms with Gasteiger partial charge in [0.2, 0.25) is 0 Å². The van der Waals surface area contributed by atoms with Gasteiger partial charge in [0, 0.05) is 30.7 Å². The zero-order chi connectivity index (χ0) is 10.7. The summed E-state index contributed by atoms with van der Waals surface area (Å²) in [6.45, 7) is 0. The predicted molar refractivity (Wildman–Crippen MR) is 60.8 cm³/mol. The van der Waals surface area contributed by atoms with Crippen molar-refractivity contribution in [3.05, 3.63) is 34.5 Å². The number of nitrogens with one attached hydrogen (secondary N) is 1. The molecule has 1 unspecified atom stereocenters. The van der Waals surface area contributed by atoms with Crippen LogP contribution in [0.4, 0.5) is 0 Å². The molecule has 0 saturated heterocycles. The maximum absolute atomic E-state index is 4.40. The van der Waals surface area contributed by atoms with Crippen LogP contribution in [0.5, 0.6) is 0 Å². The molecule has 15 heavy (non-hydrogen) atoms. The van der Waals surface area contributed by atoms with Crippen LogP contribution in [0.25, 0.3) is 0 Å². The van der Waals surface area contributed by atoms with Crippen molar-refractivity contribution in [3.63, 3.8) is 0 Å². The zero-order valence-corrected chi connectivity index (χ0v) is 9.66. The van der Waals surface area contributed by atoms with Gasteiger partial charge in [0.15, 0.2) is 0 Å². The summed E-state index contributed by atoms with van der Waals surface area (Å²) < 4.78 is 1.83. The first-order chi connectivity index (χ1) is 7.29. The van der Waals surface area contributed by atoms with Gasteiger partial charge in [0.05, 0.1) is 17.2 Å². The highest BCUT2D eigenvalue weighted by Crippen LogP contribution is 2.18. The van der Waals surface area contributed by atoms with Crippen molar-refractivity contribution in [3.8, 4) is 0 Å². The minimum absolute atomic E-state index is 0.270. The highest BCUT2D eigenvalue weighted by Gasteiger charge is 2.13. The molecule has 4 nitrogen and oxygen atoms in total. The number of aromatic nitrogens is 3. The average molecular weight is 222 g/mol. The molecule has 1 atom stereocenters. The quantitative estimate of drug-likeness (QED) is 0.850. The van der Waals surface area contributed by atoms with Crippen LogP contribution in [0, 0.1) is 0 Å². The van der Waals surface area contributed by atoms with Crippen molar-refractivity contribution in [1.82, 2.24) is 20.1 Å². The Balaban J connectivity index is 2.11. The van der Waals surface area contributed by atoms with Crippen LogP contribution < -0.4 is 5.32 Å². The predicted octanol–water partition coefficient (Wildman–Crippen LogP) is 1.38. The number of rotatable bonds is 4. The Labute approximate surface area is 93.0 Å². The molecule has 2 rings (SSSR count). The van der Waals surface area contributed by atoms with Gasteiger partial charge in [-0.1, -0.05) is 0 Å². The maximum atomic E-state index is 4.40. The Bertz CT molecular complexity index is 407. The molecule has 0 amide bonds. The fourth-order valence-electron chi connectivity index (χ4n) is 1.52. The van der Waals surface area contributed by atoms with Crippen LogP contribution in [0.1, 0.15) is 16.6 Å². The third-order valence-corrected chi connectivity index (χ3v) is 3.13. The SMILES string of the molecule is CNC(Cc1cncs1)c1ccn(C)n1. The second-order valence-corrected chi connectivity index (χ2v) is 4.40. The van der Waals surface area contributed by atoms with Gasteiger partial charge in [-0.05, 0) is 13.1 Å². The molecule has 0 saturated carbocycles. The lowest BCUT2D eigenvalue weighted by atomic mass is 10.1. The van der Waals surface area contributed by atoms with Crippen LogP contribution in [-0.2, 0) is 13.5 Å². The van der Waals surface area contributed by atoms with Gasteiger partial charge >= 0.3 is 0 Å². The first kappa shape index (κ1) is 10.3. The van der Waals surface area contributed by atoms with E-state index in [2.05, 4.69) is 15.4 Å². The number of hydrogen-bond acceptors (Lipinski definition) is 4. The smallest absolute Gasteiger partial charge is 0.0797 e. The lowest BCUT2D eigenvalue weighted by Crippen LogP contribution is -2.19. The van der Waals surface area contributed by atoms with Crippen LogP contribution in [0.15, 0.2) is 24.0 Å². The number of likely N-dealkylation sites (N-methyl/N-ethyl adjacent to an activating group) is 1. The van der Waals surface area contributed by atoms with E-state index in [1.807, 2.05) is 42.7 Å². The van der Waals surface area contributed by atoms with Crippen molar-refractivity contribution in [2.75, 3.05) is 7.05 Å². The lowest BCUT2D eigenvalue weighted by molar-refractivity contribution is 0.566. The van der Waals surface area contributed by atoms with Crippen LogP contribution in [-0.4, -0.2) is 21.8 Å². The van der Waals surface area contributed by atoms with Crippen molar-refractivity contribution in [2.45, 2.75) is 12.5 Å². The molecule has 1 N–H and O–H groups in total. The molecular formula is C10H14N4S. The third-order valence-electron chi connectivity index (χ3n) is 2.33. The van der Waals surface area contributed by atoms with Crippen molar-refractivity contribution < 1.29 is 0 Å². The molecule has 2 aromatic heterocycles. The number of thiazole rings is 1. The molecule has 0 aliphatic heterocycles. The molecule has 0 radical (unpaired) electrons. The molecule has 80 valence electrons. The Hall–Kier alpha value is -1.20. The van der Waals surface area contributed by atoms with Gasteiger partial charge in [-0.25, -0.2) is 0 Å². The van der Waals surface area contributed by atoms with Gasteiger partial charge in [0.1, 0.15) is 0 Å². The second kappa shape index (κ2) is 4.55. The van der Waals surface area contributed by atoms with Crippen LogP contribution in [0.2, 0.25) is 0 Å². The molecule has 2 heterocycles. The standard InChI is InChI=1S/C10H14N4S/c1-11-10(5-8-6-12-7-15-8)9-3-4-14(2)13-9/h3-4,6-7,10-11H,5H2,1-2H3. The second-order valence-electron chi connectivity index (χ2n) is 3.43. The summed E-state index contributed by atoms with van der Waals surface area (Å²) in [6.07, 6.45) is 4.82. The monoisotopic (exact) mass is 222 g/mol. The molecule has 0 fully saturated rings. The topological polar surface area (TPSA) is 42.7 Å². The van der Waals surface area contributed by atoms with E-state index in [-0.39, 0.29) is 6.04 Å². The summed E-state index contributed by atoms with van der Waals surface area (Å²) in [4.78, 5) is 5.35. The van der Waals surface area contributed by atoms with Gasteiger partial charge in [0.25, 0.3) is 0 Å². The number of nitrogens with zero attached hydrogens (tertiary/aromatic N) is 3. The van der Waals surface area contributed by atoms with E-state index in [0.29, 0.717) is 0 Å². The lowest BCUT2D eigenvalue weighted by Gasteiger charge is -2.11. The first-order valence-corrected chi connectivity index (χ1v) is 5.71. The Morgan fingerprint density at radius 3 is 3.00 bits per heavy atom. The summed E-state index contributed by atoms with van der Waals surface area (Å²) >= 11 is 1.68. The Morgan fingerprint density at radius 1 is 1.60 bits per heavy atom. The summed E-state index contributed by atoms with van der Waals surface area (Å²) in [6, 6.07) is 2.31. The van der Waals surface area contributed by atoms with E-state index in [0.717, 1.165) is 12.1 Å². The van der Waals surface area contributed by atoms with Gasteiger partial charge < -0.3 is 5.32 Å². The average Bonchev–Trinajstić information content (AvgIpc) is 2.85. The fraction of sp³-hybridized carbons (Fsp3) is 0.400. The van der Waals surface area contributed by atoms with Crippen molar-refractivity contribution >= 4 is 11.3 Å². The van der Waals surface area contributed by atoms with E-state index in [1.54, 1.807) is 11.3 Å². The molecule has 0 bridgehead atoms. The largest absolute Gasteiger partial charge is 0.311 e. The van der Waals surface area contributed by atoms with E-state index < -0.39 is 0 Å². The zero-order valence-electron chi connectivity index (χ0n) is 8.84. The molecule has 0 aliphatic carbocycles. The van der Waals surface area contributed by atoms with Crippen molar-refractivity contribution in [1.29, 1.82) is 0 Å². The van der Waals surface area contributed by atoms with Crippen LogP contribution in [0.3, 0.4) is 0 Å². The van der Waals surface area contributed by atoms with E-state index in [4.69, 9.17) is 0 Å². The summed E-state index contributed by atoms with van der Waals surface area (Å²) in [5.41, 5.74) is 2.94. The van der Waals surface area contributed by atoms with Gasteiger partial charge in [-0.3, -0.25) is 9.67 Å². The van der Waals surface area contributed by atoms with Crippen molar-refractivity contribution in [2.24, 2.45) is 7.05 Å². The van der Waals surface area contributed by atoms with E-state index in [1.165, 1.54) is 4.88 Å². The minimum Gasteiger partial charge on any atom is -0.311 e. The highest BCUT2D eigenvalue weighted by atomic mass is 32.1. The summed E-state index contributed by atoms with van der Waals surface area (Å²) in [5, 5.41) is 7.67. The van der Waals surface area contributed by atoms with E-state index >= 15 is 0 Å². The number of hydrogen-bond donors (Lipinski definition) is 1. The molecular weight excluding hydrogens is 208 g/mol. The molecule has 2 aromatic rings. The third kappa shape index (κ3) is 2.43. The molecule has 0 aromatic carbocycles. The minimum atomic E-state index is 0.270. The first-order valence-electron chi connectivity index (χ1n) is 4.84. The number of aryl methyl sites for hydroxylation is 1.